The van der Waals surface area contributed by atoms with Crippen LogP contribution in [0.3, 0.4) is 0 Å². The molecule has 0 saturated carbocycles. The second kappa shape index (κ2) is 7.61. The Balaban J connectivity index is 2.71. The monoisotopic (exact) mass is 301 g/mol. The van der Waals surface area contributed by atoms with Crippen LogP contribution in [0.2, 0.25) is 0 Å². The Hall–Kier alpha value is -2.11. The molecule has 0 aliphatic heterocycles. The number of methoxy groups -OCH3 is 1. The van der Waals surface area contributed by atoms with Gasteiger partial charge in [0.1, 0.15) is 6.07 Å². The van der Waals surface area contributed by atoms with Gasteiger partial charge in [0.05, 0.1) is 30.0 Å². The van der Waals surface area contributed by atoms with E-state index in [4.69, 9.17) is 10.00 Å². The van der Waals surface area contributed by atoms with Crippen molar-refractivity contribution >= 4 is 11.6 Å². The number of benzene rings is 1. The van der Waals surface area contributed by atoms with Crippen molar-refractivity contribution in [3.05, 3.63) is 29.3 Å². The van der Waals surface area contributed by atoms with Crippen molar-refractivity contribution in [2.75, 3.05) is 32.1 Å². The molecule has 0 radical (unpaired) electrons. The fraction of sp³-hybridized carbons (Fsp3) is 0.385. The average Bonchev–Trinajstić information content (AvgIpc) is 2.43. The predicted molar refractivity (Wildman–Crippen MR) is 69.5 cm³/mol. The second-order valence-corrected chi connectivity index (χ2v) is 4.09. The van der Waals surface area contributed by atoms with Crippen LogP contribution in [0, 0.1) is 11.3 Å². The number of halogens is 3. The van der Waals surface area contributed by atoms with Crippen molar-refractivity contribution < 1.29 is 22.7 Å². The zero-order valence-electron chi connectivity index (χ0n) is 11.3. The summed E-state index contributed by atoms with van der Waals surface area (Å²) in [7, 11) is 1.52. The third-order valence-corrected chi connectivity index (χ3v) is 2.51. The van der Waals surface area contributed by atoms with Gasteiger partial charge in [0.2, 0.25) is 5.91 Å². The number of nitriles is 1. The molecule has 0 aromatic heterocycles. The Bertz CT molecular complexity index is 538. The van der Waals surface area contributed by atoms with Crippen LogP contribution in [-0.4, -0.2) is 32.7 Å². The van der Waals surface area contributed by atoms with Gasteiger partial charge in [-0.1, -0.05) is 0 Å². The Kier molecular flexibility index (Phi) is 6.14. The van der Waals surface area contributed by atoms with Gasteiger partial charge in [-0.2, -0.15) is 18.4 Å². The molecular formula is C13H14F3N3O2. The van der Waals surface area contributed by atoms with E-state index in [2.05, 4.69) is 10.6 Å². The first-order valence-electron chi connectivity index (χ1n) is 5.99. The number of hydrogen-bond acceptors (Lipinski definition) is 4. The number of alkyl halides is 3. The summed E-state index contributed by atoms with van der Waals surface area (Å²) in [6, 6.07) is 4.22. The zero-order chi connectivity index (χ0) is 15.9. The molecule has 0 bridgehead atoms. The van der Waals surface area contributed by atoms with E-state index in [1.807, 2.05) is 0 Å². The standard InChI is InChI=1S/C13H14F3N3O2/c1-21-5-4-18-8-12(20)19-11-3-2-10(13(14,15)16)6-9(11)7-17/h2-3,6,18H,4-5,8H2,1H3,(H,19,20). The topological polar surface area (TPSA) is 74.2 Å². The summed E-state index contributed by atoms with van der Waals surface area (Å²) in [6.07, 6.45) is -4.53. The minimum atomic E-state index is -4.53. The lowest BCUT2D eigenvalue weighted by atomic mass is 10.1. The van der Waals surface area contributed by atoms with Gasteiger partial charge in [0.15, 0.2) is 0 Å². The van der Waals surface area contributed by atoms with E-state index < -0.39 is 17.6 Å². The van der Waals surface area contributed by atoms with Gasteiger partial charge in [0.25, 0.3) is 0 Å². The zero-order valence-corrected chi connectivity index (χ0v) is 11.3. The Morgan fingerprint density at radius 3 is 2.71 bits per heavy atom. The van der Waals surface area contributed by atoms with Crippen molar-refractivity contribution in [2.24, 2.45) is 0 Å². The highest BCUT2D eigenvalue weighted by atomic mass is 19.4. The van der Waals surface area contributed by atoms with E-state index in [1.165, 1.54) is 7.11 Å². The maximum absolute atomic E-state index is 12.5. The van der Waals surface area contributed by atoms with Crippen molar-refractivity contribution in [3.63, 3.8) is 0 Å². The van der Waals surface area contributed by atoms with Crippen LogP contribution in [0.5, 0.6) is 0 Å². The normalized spacial score (nSPS) is 11.0. The molecule has 0 atom stereocenters. The summed E-state index contributed by atoms with van der Waals surface area (Å²) in [5.74, 6) is -0.456. The summed E-state index contributed by atoms with van der Waals surface area (Å²) < 4.78 is 42.3. The number of nitrogens with zero attached hydrogens (tertiary/aromatic N) is 1. The summed E-state index contributed by atoms with van der Waals surface area (Å²) in [5.41, 5.74) is -1.13. The van der Waals surface area contributed by atoms with Gasteiger partial charge in [-0.25, -0.2) is 0 Å². The van der Waals surface area contributed by atoms with Gasteiger partial charge in [-0.3, -0.25) is 4.79 Å². The van der Waals surface area contributed by atoms with E-state index >= 15 is 0 Å². The number of carbonyl (C=O) groups is 1. The lowest BCUT2D eigenvalue weighted by Crippen LogP contribution is -2.30. The Morgan fingerprint density at radius 2 is 2.14 bits per heavy atom. The van der Waals surface area contributed by atoms with E-state index in [0.29, 0.717) is 19.2 Å². The minimum absolute atomic E-state index is 0.0325. The highest BCUT2D eigenvalue weighted by Crippen LogP contribution is 2.31. The summed E-state index contributed by atoms with van der Waals surface area (Å²) in [5, 5.41) is 14.0. The minimum Gasteiger partial charge on any atom is -0.383 e. The van der Waals surface area contributed by atoms with Gasteiger partial charge in [-0.15, -0.1) is 0 Å². The molecule has 21 heavy (non-hydrogen) atoms. The first kappa shape index (κ1) is 16.9. The van der Waals surface area contributed by atoms with Gasteiger partial charge in [-0.05, 0) is 18.2 Å². The van der Waals surface area contributed by atoms with Crippen molar-refractivity contribution in [3.8, 4) is 6.07 Å². The van der Waals surface area contributed by atoms with Crippen LogP contribution in [-0.2, 0) is 15.7 Å². The quantitative estimate of drug-likeness (QED) is 0.785. The molecule has 0 spiro atoms. The summed E-state index contributed by atoms with van der Waals surface area (Å²) in [4.78, 5) is 11.6. The van der Waals surface area contributed by atoms with E-state index in [-0.39, 0.29) is 17.8 Å². The number of nitrogens with one attached hydrogen (secondary N) is 2. The van der Waals surface area contributed by atoms with Gasteiger partial charge < -0.3 is 15.4 Å². The number of rotatable bonds is 6. The molecule has 1 aromatic rings. The fourth-order valence-corrected chi connectivity index (χ4v) is 1.49. The van der Waals surface area contributed by atoms with Crippen LogP contribution in [0.25, 0.3) is 0 Å². The molecule has 0 heterocycles. The molecule has 1 amide bonds. The van der Waals surface area contributed by atoms with Gasteiger partial charge in [0, 0.05) is 13.7 Å². The lowest BCUT2D eigenvalue weighted by molar-refractivity contribution is -0.137. The maximum atomic E-state index is 12.5. The van der Waals surface area contributed by atoms with Crippen molar-refractivity contribution in [1.29, 1.82) is 5.26 Å². The molecule has 8 heteroatoms. The molecule has 0 aliphatic rings. The van der Waals surface area contributed by atoms with Crippen LogP contribution in [0.15, 0.2) is 18.2 Å². The number of carbonyl (C=O) groups excluding carboxylic acids is 1. The number of ether oxygens (including phenoxy) is 1. The van der Waals surface area contributed by atoms with Crippen LogP contribution in [0.1, 0.15) is 11.1 Å². The van der Waals surface area contributed by atoms with E-state index in [1.54, 1.807) is 6.07 Å². The molecule has 0 aliphatic carbocycles. The third kappa shape index (κ3) is 5.41. The molecule has 114 valence electrons. The highest BCUT2D eigenvalue weighted by Gasteiger charge is 2.31. The first-order valence-corrected chi connectivity index (χ1v) is 5.99. The highest BCUT2D eigenvalue weighted by molar-refractivity contribution is 5.93. The summed E-state index contributed by atoms with van der Waals surface area (Å²) >= 11 is 0. The Labute approximate surface area is 119 Å². The first-order chi connectivity index (χ1) is 9.88. The lowest BCUT2D eigenvalue weighted by Gasteiger charge is -2.11. The predicted octanol–water partition coefficient (Wildman–Crippen LogP) is 1.75. The molecule has 1 rings (SSSR count). The van der Waals surface area contributed by atoms with Crippen LogP contribution < -0.4 is 10.6 Å². The third-order valence-electron chi connectivity index (χ3n) is 2.51. The maximum Gasteiger partial charge on any atom is 0.416 e. The molecule has 0 fully saturated rings. The summed E-state index contributed by atoms with van der Waals surface area (Å²) in [6.45, 7) is 0.855. The molecule has 1 aromatic carbocycles. The van der Waals surface area contributed by atoms with Crippen LogP contribution >= 0.6 is 0 Å². The Morgan fingerprint density at radius 1 is 1.43 bits per heavy atom. The number of amides is 1. The number of hydrogen-bond donors (Lipinski definition) is 2. The van der Waals surface area contributed by atoms with Crippen LogP contribution in [0.4, 0.5) is 18.9 Å². The SMILES string of the molecule is COCCNCC(=O)Nc1ccc(C(F)(F)F)cc1C#N. The largest absolute Gasteiger partial charge is 0.416 e. The molecule has 0 saturated heterocycles. The smallest absolute Gasteiger partial charge is 0.383 e. The molecule has 2 N–H and O–H groups in total. The fourth-order valence-electron chi connectivity index (χ4n) is 1.49. The van der Waals surface area contributed by atoms with Crippen molar-refractivity contribution in [2.45, 2.75) is 6.18 Å². The molecular weight excluding hydrogens is 287 g/mol. The average molecular weight is 301 g/mol. The van der Waals surface area contributed by atoms with Gasteiger partial charge >= 0.3 is 6.18 Å². The second-order valence-electron chi connectivity index (χ2n) is 4.09. The van der Waals surface area contributed by atoms with Crippen molar-refractivity contribution in [1.82, 2.24) is 5.32 Å². The molecule has 0 unspecified atom stereocenters. The number of anilines is 1. The van der Waals surface area contributed by atoms with E-state index in [9.17, 15) is 18.0 Å². The van der Waals surface area contributed by atoms with E-state index in [0.717, 1.165) is 12.1 Å². The molecule has 5 nitrogen and oxygen atoms in total.